The summed E-state index contributed by atoms with van der Waals surface area (Å²) in [5.74, 6) is -0.783. The summed E-state index contributed by atoms with van der Waals surface area (Å²) in [7, 11) is 0. The molecule has 7 heteroatoms. The quantitative estimate of drug-likeness (QED) is 0.819. The Bertz CT molecular complexity index is 717. The van der Waals surface area contributed by atoms with Gasteiger partial charge in [0.05, 0.1) is 28.8 Å². The summed E-state index contributed by atoms with van der Waals surface area (Å²) in [4.78, 5) is 22.6. The number of rotatable bonds is 6. The predicted octanol–water partition coefficient (Wildman–Crippen LogP) is 4.10. The maximum atomic E-state index is 12.2. The lowest BCUT2D eigenvalue weighted by molar-refractivity contribution is -0.137. The molecule has 0 aliphatic carbocycles. The van der Waals surface area contributed by atoms with Gasteiger partial charge in [0.1, 0.15) is 5.75 Å². The minimum absolute atomic E-state index is 0.0685. The van der Waals surface area contributed by atoms with Crippen LogP contribution in [0, 0.1) is 0 Å². The minimum atomic E-state index is -0.931. The van der Waals surface area contributed by atoms with Gasteiger partial charge in [-0.2, -0.15) is 0 Å². The van der Waals surface area contributed by atoms with Crippen LogP contribution in [-0.2, 0) is 4.79 Å². The SMILES string of the molecule is O=C(O)CCOc1ccc(C(=O)Nc2cccc(Cl)c2Cl)cc1. The van der Waals surface area contributed by atoms with Gasteiger partial charge in [-0.3, -0.25) is 9.59 Å². The fraction of sp³-hybridized carbons (Fsp3) is 0.125. The second-order valence-corrected chi connectivity index (χ2v) is 5.36. The van der Waals surface area contributed by atoms with E-state index in [1.807, 2.05) is 0 Å². The molecule has 1 amide bonds. The first-order valence-electron chi connectivity index (χ1n) is 6.67. The Morgan fingerprint density at radius 1 is 1.09 bits per heavy atom. The molecule has 0 aromatic heterocycles. The zero-order valence-electron chi connectivity index (χ0n) is 11.9. The van der Waals surface area contributed by atoms with Gasteiger partial charge in [0.25, 0.3) is 5.91 Å². The fourth-order valence-electron chi connectivity index (χ4n) is 1.75. The number of benzene rings is 2. The van der Waals surface area contributed by atoms with Crippen molar-refractivity contribution in [2.75, 3.05) is 11.9 Å². The molecular weight excluding hydrogens is 341 g/mol. The summed E-state index contributed by atoms with van der Waals surface area (Å²) >= 11 is 11.9. The van der Waals surface area contributed by atoms with Gasteiger partial charge in [-0.1, -0.05) is 29.3 Å². The molecule has 23 heavy (non-hydrogen) atoms. The van der Waals surface area contributed by atoms with Crippen molar-refractivity contribution in [3.63, 3.8) is 0 Å². The average molecular weight is 354 g/mol. The Hall–Kier alpha value is -2.24. The summed E-state index contributed by atoms with van der Waals surface area (Å²) < 4.78 is 5.25. The average Bonchev–Trinajstić information content (AvgIpc) is 2.52. The summed E-state index contributed by atoms with van der Waals surface area (Å²) in [6.45, 7) is 0.0685. The van der Waals surface area contributed by atoms with E-state index in [0.29, 0.717) is 22.0 Å². The van der Waals surface area contributed by atoms with Gasteiger partial charge in [-0.25, -0.2) is 0 Å². The first kappa shape index (κ1) is 17.1. The number of carboxylic acids is 1. The molecule has 0 spiro atoms. The highest BCUT2D eigenvalue weighted by atomic mass is 35.5. The van der Waals surface area contributed by atoms with Crippen LogP contribution in [0.5, 0.6) is 5.75 Å². The summed E-state index contributed by atoms with van der Waals surface area (Å²) in [5, 5.41) is 11.8. The van der Waals surface area contributed by atoms with Gasteiger partial charge in [-0.05, 0) is 36.4 Å². The highest BCUT2D eigenvalue weighted by molar-refractivity contribution is 6.44. The lowest BCUT2D eigenvalue weighted by Gasteiger charge is -2.09. The normalized spacial score (nSPS) is 10.2. The number of halogens is 2. The Labute approximate surface area is 142 Å². The second kappa shape index (κ2) is 7.85. The molecular formula is C16H13Cl2NO4. The van der Waals surface area contributed by atoms with Crippen molar-refractivity contribution in [3.8, 4) is 5.75 Å². The Kier molecular flexibility index (Phi) is 5.84. The molecule has 0 bridgehead atoms. The molecule has 2 aromatic carbocycles. The van der Waals surface area contributed by atoms with E-state index in [1.54, 1.807) is 42.5 Å². The smallest absolute Gasteiger partial charge is 0.306 e. The topological polar surface area (TPSA) is 75.6 Å². The first-order valence-corrected chi connectivity index (χ1v) is 7.43. The van der Waals surface area contributed by atoms with Crippen molar-refractivity contribution in [1.29, 1.82) is 0 Å². The highest BCUT2D eigenvalue weighted by Crippen LogP contribution is 2.29. The van der Waals surface area contributed by atoms with E-state index in [0.717, 1.165) is 0 Å². The monoisotopic (exact) mass is 353 g/mol. The Morgan fingerprint density at radius 2 is 1.78 bits per heavy atom. The number of anilines is 1. The van der Waals surface area contributed by atoms with Gasteiger partial charge >= 0.3 is 5.97 Å². The lowest BCUT2D eigenvalue weighted by Crippen LogP contribution is -2.12. The Morgan fingerprint density at radius 3 is 2.43 bits per heavy atom. The summed E-state index contributed by atoms with van der Waals surface area (Å²) in [6, 6.07) is 11.3. The number of carboxylic acid groups (broad SMARTS) is 1. The van der Waals surface area contributed by atoms with E-state index < -0.39 is 5.97 Å². The molecule has 120 valence electrons. The maximum Gasteiger partial charge on any atom is 0.306 e. The number of amides is 1. The zero-order valence-corrected chi connectivity index (χ0v) is 13.4. The molecule has 2 aromatic rings. The number of carbonyl (C=O) groups is 2. The summed E-state index contributed by atoms with van der Waals surface area (Å²) in [6.07, 6.45) is -0.0878. The maximum absolute atomic E-state index is 12.2. The van der Waals surface area contributed by atoms with Gasteiger partial charge in [0.2, 0.25) is 0 Å². The number of ether oxygens (including phenoxy) is 1. The van der Waals surface area contributed by atoms with Crippen molar-refractivity contribution < 1.29 is 19.4 Å². The number of aliphatic carboxylic acids is 1. The van der Waals surface area contributed by atoms with Crippen LogP contribution in [-0.4, -0.2) is 23.6 Å². The molecule has 0 aliphatic heterocycles. The van der Waals surface area contributed by atoms with E-state index >= 15 is 0 Å². The van der Waals surface area contributed by atoms with Crippen LogP contribution in [0.3, 0.4) is 0 Å². The Balaban J connectivity index is 2.00. The predicted molar refractivity (Wildman–Crippen MR) is 88.6 cm³/mol. The first-order chi connectivity index (χ1) is 11.0. The van der Waals surface area contributed by atoms with E-state index in [4.69, 9.17) is 33.0 Å². The molecule has 5 nitrogen and oxygen atoms in total. The number of hydrogen-bond donors (Lipinski definition) is 2. The molecule has 0 fully saturated rings. The number of hydrogen-bond acceptors (Lipinski definition) is 3. The standard InChI is InChI=1S/C16H13Cl2NO4/c17-12-2-1-3-13(15(12)18)19-16(22)10-4-6-11(7-5-10)23-9-8-14(20)21/h1-7H,8-9H2,(H,19,22)(H,20,21). The molecule has 0 atom stereocenters. The second-order valence-electron chi connectivity index (χ2n) is 4.57. The van der Waals surface area contributed by atoms with E-state index in [1.165, 1.54) is 0 Å². The van der Waals surface area contributed by atoms with Gasteiger partial charge in [0, 0.05) is 5.56 Å². The van der Waals surface area contributed by atoms with Crippen LogP contribution < -0.4 is 10.1 Å². The molecule has 0 aliphatic rings. The molecule has 2 rings (SSSR count). The molecule has 0 unspecified atom stereocenters. The highest BCUT2D eigenvalue weighted by Gasteiger charge is 2.10. The van der Waals surface area contributed by atoms with Crippen molar-refractivity contribution in [2.24, 2.45) is 0 Å². The zero-order chi connectivity index (χ0) is 16.8. The third-order valence-corrected chi connectivity index (χ3v) is 3.72. The molecule has 0 heterocycles. The van der Waals surface area contributed by atoms with Crippen LogP contribution >= 0.6 is 23.2 Å². The van der Waals surface area contributed by atoms with Crippen LogP contribution in [0.1, 0.15) is 16.8 Å². The largest absolute Gasteiger partial charge is 0.493 e. The van der Waals surface area contributed by atoms with E-state index in [-0.39, 0.29) is 24.0 Å². The van der Waals surface area contributed by atoms with Crippen molar-refractivity contribution in [2.45, 2.75) is 6.42 Å². The van der Waals surface area contributed by atoms with Crippen LogP contribution in [0.4, 0.5) is 5.69 Å². The van der Waals surface area contributed by atoms with Crippen LogP contribution in [0.2, 0.25) is 10.0 Å². The van der Waals surface area contributed by atoms with Gasteiger partial charge in [-0.15, -0.1) is 0 Å². The van der Waals surface area contributed by atoms with Crippen molar-refractivity contribution in [3.05, 3.63) is 58.1 Å². The van der Waals surface area contributed by atoms with Crippen LogP contribution in [0.25, 0.3) is 0 Å². The van der Waals surface area contributed by atoms with Crippen molar-refractivity contribution >= 4 is 40.8 Å². The molecule has 0 radical (unpaired) electrons. The van der Waals surface area contributed by atoms with E-state index in [2.05, 4.69) is 5.32 Å². The number of carbonyl (C=O) groups excluding carboxylic acids is 1. The van der Waals surface area contributed by atoms with Crippen LogP contribution in [0.15, 0.2) is 42.5 Å². The van der Waals surface area contributed by atoms with E-state index in [9.17, 15) is 9.59 Å². The molecule has 2 N–H and O–H groups in total. The number of nitrogens with one attached hydrogen (secondary N) is 1. The summed E-state index contributed by atoms with van der Waals surface area (Å²) in [5.41, 5.74) is 0.831. The molecule has 0 saturated carbocycles. The third kappa shape index (κ3) is 4.87. The molecule has 0 saturated heterocycles. The lowest BCUT2D eigenvalue weighted by atomic mass is 10.2. The third-order valence-electron chi connectivity index (χ3n) is 2.90. The van der Waals surface area contributed by atoms with Crippen molar-refractivity contribution in [1.82, 2.24) is 0 Å². The minimum Gasteiger partial charge on any atom is -0.493 e. The van der Waals surface area contributed by atoms with Gasteiger partial charge in [0.15, 0.2) is 0 Å². The van der Waals surface area contributed by atoms with Gasteiger partial charge < -0.3 is 15.2 Å². The fourth-order valence-corrected chi connectivity index (χ4v) is 2.10.